The van der Waals surface area contributed by atoms with Gasteiger partial charge in [0.2, 0.25) is 0 Å². The van der Waals surface area contributed by atoms with E-state index in [0.29, 0.717) is 51.7 Å². The molecule has 0 aromatic rings. The Bertz CT molecular complexity index is 869. The van der Waals surface area contributed by atoms with Crippen LogP contribution in [-0.2, 0) is 45.7 Å². The van der Waals surface area contributed by atoms with E-state index in [1.54, 1.807) is 0 Å². The molecular formula is C46H91NO18Ti. The Kier molecular flexibility index (Phi) is 74.0. The Hall–Kier alpha value is -2.30. The number of unbranched alkanes of at least 4 members (excludes halogenated alkanes) is 15. The van der Waals surface area contributed by atoms with Crippen molar-refractivity contribution in [3.05, 3.63) is 0 Å². The number of nitrogens with one attached hydrogen (secondary N) is 1. The van der Waals surface area contributed by atoms with Gasteiger partial charge in [-0.3, -0.25) is 0 Å². The first-order valence-corrected chi connectivity index (χ1v) is 23.9. The van der Waals surface area contributed by atoms with Crippen molar-refractivity contribution in [2.45, 2.75) is 226 Å². The van der Waals surface area contributed by atoms with Gasteiger partial charge in [0.1, 0.15) is 19.6 Å². The smallest absolute Gasteiger partial charge is 0.547 e. The molecule has 0 rings (SSSR count). The van der Waals surface area contributed by atoms with Crippen LogP contribution in [0, 0.1) is 0 Å². The molecule has 9 N–H and O–H groups in total. The predicted octanol–water partition coefficient (Wildman–Crippen LogP) is -2.82. The van der Waals surface area contributed by atoms with Gasteiger partial charge >= 0.3 is 21.7 Å². The zero-order chi connectivity index (χ0) is 51.3. The number of carboxylic acid groups (broad SMARTS) is 5. The molecule has 0 saturated carbocycles. The molecule has 392 valence electrons. The maximum atomic E-state index is 10.0. The quantitative estimate of drug-likeness (QED) is 0.0226. The van der Waals surface area contributed by atoms with Crippen molar-refractivity contribution in [2.75, 3.05) is 39.5 Å². The summed E-state index contributed by atoms with van der Waals surface area (Å²) in [5.74, 6) is -6.80. The summed E-state index contributed by atoms with van der Waals surface area (Å²) in [6.07, 6.45) is 15.1. The molecule has 0 bridgehead atoms. The van der Waals surface area contributed by atoms with Crippen LogP contribution in [0.1, 0.15) is 195 Å². The van der Waals surface area contributed by atoms with Crippen LogP contribution in [0.3, 0.4) is 0 Å². The molecule has 0 aromatic heterocycles. The van der Waals surface area contributed by atoms with E-state index >= 15 is 0 Å². The number of aliphatic hydroxyl groups excluding tert-OH is 8. The molecule has 0 radical (unpaired) electrons. The van der Waals surface area contributed by atoms with Gasteiger partial charge in [0, 0.05) is 0 Å². The topological polar surface area (TPSA) is 367 Å². The summed E-state index contributed by atoms with van der Waals surface area (Å²) in [4.78, 5) is 51.0. The summed E-state index contributed by atoms with van der Waals surface area (Å²) in [6, 6.07) is 0. The molecular weight excluding hydrogens is 902 g/mol. The molecule has 66 heavy (non-hydrogen) atoms. The minimum Gasteiger partial charge on any atom is -0.547 e. The summed E-state index contributed by atoms with van der Waals surface area (Å²) in [6.45, 7) is 12.5. The fraction of sp³-hybridized carbons (Fsp3) is 0.891. The third kappa shape index (κ3) is 70.7. The van der Waals surface area contributed by atoms with Crippen molar-refractivity contribution in [3.63, 3.8) is 0 Å². The Morgan fingerprint density at radius 3 is 0.591 bits per heavy atom. The van der Waals surface area contributed by atoms with Crippen LogP contribution in [0.2, 0.25) is 0 Å². The third-order valence-corrected chi connectivity index (χ3v) is 9.41. The number of aliphatic carboxylic acids is 5. The van der Waals surface area contributed by atoms with Gasteiger partial charge in [-0.1, -0.05) is 163 Å². The van der Waals surface area contributed by atoms with Crippen molar-refractivity contribution in [1.29, 1.82) is 0 Å². The number of hydrogen-bond donors (Lipinski definition) is 9. The molecule has 0 amide bonds. The van der Waals surface area contributed by atoms with E-state index in [-0.39, 0.29) is 41.5 Å². The van der Waals surface area contributed by atoms with E-state index in [9.17, 15) is 49.5 Å². The average molecular weight is 994 g/mol. The van der Waals surface area contributed by atoms with E-state index in [4.69, 9.17) is 40.9 Å². The molecule has 0 aliphatic rings. The van der Waals surface area contributed by atoms with Crippen molar-refractivity contribution >= 4 is 29.8 Å². The predicted molar refractivity (Wildman–Crippen MR) is 236 cm³/mol. The number of carbonyl (C=O) groups is 5. The monoisotopic (exact) mass is 994 g/mol. The normalized spacial score (nSPS) is 12.4. The Balaban J connectivity index is -0.000000126. The number of aliphatic hydroxyl groups is 8. The van der Waals surface area contributed by atoms with E-state index in [1.807, 2.05) is 0 Å². The van der Waals surface area contributed by atoms with Crippen LogP contribution in [0.15, 0.2) is 0 Å². The van der Waals surface area contributed by atoms with Gasteiger partial charge in [0.25, 0.3) is 0 Å². The molecule has 5 atom stereocenters. The van der Waals surface area contributed by atoms with Crippen molar-refractivity contribution in [3.8, 4) is 0 Å². The Labute approximate surface area is 410 Å². The van der Waals surface area contributed by atoms with Crippen LogP contribution in [0.5, 0.6) is 0 Å². The van der Waals surface area contributed by atoms with Crippen LogP contribution >= 0.6 is 0 Å². The molecule has 0 aromatic carbocycles. The first kappa shape index (κ1) is 77.9. The maximum absolute atomic E-state index is 10.0. The second kappa shape index (κ2) is 62.7. The van der Waals surface area contributed by atoms with E-state index in [2.05, 4.69) is 34.6 Å². The van der Waals surface area contributed by atoms with E-state index < -0.39 is 60.4 Å². The first-order valence-electron chi connectivity index (χ1n) is 23.9. The van der Waals surface area contributed by atoms with Crippen molar-refractivity contribution < 1.29 is 117 Å². The molecule has 0 saturated heterocycles. The van der Waals surface area contributed by atoms with Crippen molar-refractivity contribution in [1.82, 2.24) is 0 Å². The summed E-state index contributed by atoms with van der Waals surface area (Å²) < 4.78 is 0. The second-order valence-electron chi connectivity index (χ2n) is 15.6. The summed E-state index contributed by atoms with van der Waals surface area (Å²) in [7, 11) is 0. The van der Waals surface area contributed by atoms with Gasteiger partial charge in [0.05, 0.1) is 80.2 Å². The standard InChI is InChI=1S/5C8H16O3.C6H15NO3.Ti/c5*1-2-3-4-5-6-7(9)8(10)11;8-4-1-7(2-5-9)3-6-10;/h5*7,9H,2-6H2,1H3,(H,10,11);8-10H,1-6H2;/q;;;;;;+4/p-4. The SMILES string of the molecule is CCCCCCC(O)C(=O)[O-].CCCCCCC(O)C(=O)[O-].CCCCCCC(O)C(=O)[O-].CCCCCCC(O)C(=O)[O-].CCCCCCC(O)C(=O)[O-].OCC[NH+](CCO)CCO.[Ti+4]. The third-order valence-electron chi connectivity index (χ3n) is 9.41. The van der Waals surface area contributed by atoms with E-state index in [1.165, 1.54) is 0 Å². The average Bonchev–Trinajstić information content (AvgIpc) is 3.26. The Morgan fingerprint density at radius 1 is 0.333 bits per heavy atom. The fourth-order valence-corrected chi connectivity index (χ4v) is 5.26. The number of rotatable bonds is 36. The van der Waals surface area contributed by atoms with Gasteiger partial charge in [-0.05, 0) is 32.1 Å². The van der Waals surface area contributed by atoms with Crippen LogP contribution in [0.25, 0.3) is 0 Å². The molecule has 5 unspecified atom stereocenters. The van der Waals surface area contributed by atoms with Gasteiger partial charge in [-0.15, -0.1) is 0 Å². The molecule has 0 heterocycles. The zero-order valence-electron chi connectivity index (χ0n) is 41.0. The number of carboxylic acids is 5. The van der Waals surface area contributed by atoms with Crippen molar-refractivity contribution in [2.24, 2.45) is 0 Å². The molecule has 20 heteroatoms. The minimum atomic E-state index is -1.36. The largest absolute Gasteiger partial charge is 4.00 e. The second-order valence-corrected chi connectivity index (χ2v) is 15.6. The number of quaternary nitrogens is 1. The van der Waals surface area contributed by atoms with Gasteiger partial charge in [-0.25, -0.2) is 0 Å². The summed E-state index contributed by atoms with van der Waals surface area (Å²) in [5, 5.41) is 119. The molecule has 0 aliphatic carbocycles. The Morgan fingerprint density at radius 2 is 0.485 bits per heavy atom. The van der Waals surface area contributed by atoms with Gasteiger partial charge in [-0.2, -0.15) is 0 Å². The minimum absolute atomic E-state index is 0. The summed E-state index contributed by atoms with van der Waals surface area (Å²) in [5.41, 5.74) is 0. The maximum Gasteiger partial charge on any atom is 4.00 e. The first-order chi connectivity index (χ1) is 30.7. The molecule has 0 spiro atoms. The van der Waals surface area contributed by atoms with Crippen LogP contribution < -0.4 is 30.4 Å². The van der Waals surface area contributed by atoms with E-state index in [0.717, 1.165) is 133 Å². The molecule has 19 nitrogen and oxygen atoms in total. The number of hydrogen-bond acceptors (Lipinski definition) is 18. The summed E-state index contributed by atoms with van der Waals surface area (Å²) >= 11 is 0. The number of carbonyl (C=O) groups excluding carboxylic acids is 5. The van der Waals surface area contributed by atoms with Crippen LogP contribution in [-0.4, -0.2) is 141 Å². The molecule has 0 fully saturated rings. The van der Waals surface area contributed by atoms with Gasteiger partial charge in [0.15, 0.2) is 0 Å². The van der Waals surface area contributed by atoms with Gasteiger partial charge < -0.3 is 95.3 Å². The molecule has 0 aliphatic heterocycles. The van der Waals surface area contributed by atoms with Crippen LogP contribution in [0.4, 0.5) is 0 Å². The zero-order valence-corrected chi connectivity index (χ0v) is 42.5. The fourth-order valence-electron chi connectivity index (χ4n) is 5.26.